The third-order valence-electron chi connectivity index (χ3n) is 8.53. The third kappa shape index (κ3) is 7.89. The van der Waals surface area contributed by atoms with E-state index in [2.05, 4.69) is 0 Å². The average Bonchev–Trinajstić information content (AvgIpc) is 3.06. The Hall–Kier alpha value is -0.880. The lowest BCUT2D eigenvalue weighted by Gasteiger charge is -2.49. The Bertz CT molecular complexity index is 962. The van der Waals surface area contributed by atoms with Gasteiger partial charge in [-0.3, -0.25) is 0 Å². The highest BCUT2D eigenvalue weighted by atomic mass is 16.8. The highest BCUT2D eigenvalue weighted by molar-refractivity contribution is 4.98. The molecule has 1 unspecified atom stereocenters. The molecule has 4 aliphatic rings. The number of hydrogen-bond donors (Lipinski definition) is 15. The van der Waals surface area contributed by atoms with E-state index >= 15 is 0 Å². The second kappa shape index (κ2) is 16.4. The van der Waals surface area contributed by atoms with Crippen LogP contribution in [-0.4, -0.2) is 232 Å². The fourth-order valence-corrected chi connectivity index (χ4v) is 5.75. The maximum absolute atomic E-state index is 11.0. The predicted molar refractivity (Wildman–Crippen MR) is 140 cm³/mol. The Labute approximate surface area is 265 Å². The second-order valence-electron chi connectivity index (χ2n) is 11.6. The van der Waals surface area contributed by atoms with Gasteiger partial charge in [0.05, 0.1) is 26.4 Å². The van der Waals surface area contributed by atoms with Gasteiger partial charge in [0, 0.05) is 0 Å². The minimum Gasteiger partial charge on any atom is -0.394 e. The van der Waals surface area contributed by atoms with Crippen LogP contribution in [0.2, 0.25) is 0 Å². The van der Waals surface area contributed by atoms with Gasteiger partial charge in [-0.05, 0) is 0 Å². The third-order valence-corrected chi connectivity index (χ3v) is 8.53. The lowest BCUT2D eigenvalue weighted by molar-refractivity contribution is -0.389. The van der Waals surface area contributed by atoms with Crippen molar-refractivity contribution in [3.8, 4) is 0 Å². The van der Waals surface area contributed by atoms with E-state index in [1.54, 1.807) is 0 Å². The van der Waals surface area contributed by atoms with Crippen molar-refractivity contribution in [2.45, 2.75) is 129 Å². The van der Waals surface area contributed by atoms with Gasteiger partial charge in [0.25, 0.3) is 0 Å². The molecule has 276 valence electrons. The van der Waals surface area contributed by atoms with Crippen LogP contribution in [0.4, 0.5) is 0 Å². The normalized spacial score (nSPS) is 51.9. The van der Waals surface area contributed by atoms with Gasteiger partial charge in [-0.25, -0.2) is 0 Å². The van der Waals surface area contributed by atoms with Crippen molar-refractivity contribution in [1.29, 1.82) is 0 Å². The van der Waals surface area contributed by atoms with E-state index in [9.17, 15) is 76.6 Å². The maximum Gasteiger partial charge on any atom is 0.187 e. The smallest absolute Gasteiger partial charge is 0.187 e. The van der Waals surface area contributed by atoms with E-state index in [1.165, 1.54) is 0 Å². The van der Waals surface area contributed by atoms with Gasteiger partial charge in [0.15, 0.2) is 25.2 Å². The average molecular weight is 697 g/mol. The second-order valence-corrected chi connectivity index (χ2v) is 11.6. The molecule has 0 aromatic heterocycles. The number of aliphatic hydroxyl groups excluding tert-OH is 15. The van der Waals surface area contributed by atoms with Crippen LogP contribution in [0.3, 0.4) is 0 Å². The quantitative estimate of drug-likeness (QED) is 0.0953. The van der Waals surface area contributed by atoms with Crippen LogP contribution in [0.15, 0.2) is 0 Å². The van der Waals surface area contributed by atoms with Gasteiger partial charge in [0.1, 0.15) is 104 Å². The fraction of sp³-hybridized carbons (Fsp3) is 1.00. The zero-order valence-corrected chi connectivity index (χ0v) is 24.5. The molecule has 22 nitrogen and oxygen atoms in total. The largest absolute Gasteiger partial charge is 0.394 e. The molecule has 21 atom stereocenters. The van der Waals surface area contributed by atoms with E-state index in [4.69, 9.17) is 33.2 Å². The molecular weight excluding hydrogens is 652 g/mol. The fourth-order valence-electron chi connectivity index (χ4n) is 5.75. The molecule has 4 aliphatic heterocycles. The van der Waals surface area contributed by atoms with Crippen LogP contribution < -0.4 is 0 Å². The summed E-state index contributed by atoms with van der Waals surface area (Å²) in [5, 5.41) is 153. The van der Waals surface area contributed by atoms with Gasteiger partial charge >= 0.3 is 0 Å². The van der Waals surface area contributed by atoms with E-state index in [-0.39, 0.29) is 0 Å². The first-order chi connectivity index (χ1) is 22.2. The summed E-state index contributed by atoms with van der Waals surface area (Å²) in [5.74, 6) is 0. The summed E-state index contributed by atoms with van der Waals surface area (Å²) in [4.78, 5) is 0. The van der Waals surface area contributed by atoms with Crippen molar-refractivity contribution in [1.82, 2.24) is 0 Å². The summed E-state index contributed by atoms with van der Waals surface area (Å²) in [6.45, 7) is -3.62. The summed E-state index contributed by atoms with van der Waals surface area (Å²) >= 11 is 0. The van der Waals surface area contributed by atoms with E-state index in [0.29, 0.717) is 0 Å². The molecule has 4 rings (SSSR count). The number of ether oxygens (including phenoxy) is 7. The van der Waals surface area contributed by atoms with Crippen molar-refractivity contribution >= 4 is 0 Å². The van der Waals surface area contributed by atoms with Gasteiger partial charge in [-0.2, -0.15) is 0 Å². The van der Waals surface area contributed by atoms with Crippen LogP contribution in [0.25, 0.3) is 0 Å². The zero-order chi connectivity index (χ0) is 34.9. The molecule has 0 amide bonds. The van der Waals surface area contributed by atoms with Crippen LogP contribution in [-0.2, 0) is 33.2 Å². The van der Waals surface area contributed by atoms with E-state index < -0.39 is 155 Å². The zero-order valence-electron chi connectivity index (χ0n) is 24.5. The number of hydrogen-bond acceptors (Lipinski definition) is 22. The van der Waals surface area contributed by atoms with Gasteiger partial charge < -0.3 is 110 Å². The molecular formula is C25H44O22. The lowest BCUT2D eigenvalue weighted by atomic mass is 9.94. The highest BCUT2D eigenvalue weighted by Gasteiger charge is 2.55. The first-order valence-corrected chi connectivity index (χ1v) is 14.7. The molecule has 4 fully saturated rings. The van der Waals surface area contributed by atoms with Crippen molar-refractivity contribution in [3.63, 3.8) is 0 Å². The van der Waals surface area contributed by atoms with Crippen LogP contribution in [0, 0.1) is 0 Å². The van der Waals surface area contributed by atoms with Crippen LogP contribution in [0.1, 0.15) is 0 Å². The summed E-state index contributed by atoms with van der Waals surface area (Å²) in [6.07, 6.45) is -38.7. The first-order valence-electron chi connectivity index (χ1n) is 14.7. The summed E-state index contributed by atoms with van der Waals surface area (Å²) in [6, 6.07) is 0. The topological polar surface area (TPSA) is 368 Å². The molecule has 0 aromatic rings. The summed E-state index contributed by atoms with van der Waals surface area (Å²) < 4.78 is 37.8. The van der Waals surface area contributed by atoms with Crippen LogP contribution >= 0.6 is 0 Å². The molecule has 22 heteroatoms. The molecule has 4 saturated heterocycles. The molecule has 0 aliphatic carbocycles. The Morgan fingerprint density at radius 1 is 0.426 bits per heavy atom. The summed E-state index contributed by atoms with van der Waals surface area (Å²) in [7, 11) is 0. The molecule has 4 heterocycles. The highest BCUT2D eigenvalue weighted by Crippen LogP contribution is 2.34. The Morgan fingerprint density at radius 2 is 0.872 bits per heavy atom. The van der Waals surface area contributed by atoms with E-state index in [1.807, 2.05) is 0 Å². The molecule has 0 aromatic carbocycles. The molecule has 15 N–H and O–H groups in total. The molecule has 0 saturated carbocycles. The van der Waals surface area contributed by atoms with Gasteiger partial charge in [0.2, 0.25) is 0 Å². The minimum atomic E-state index is -2.09. The summed E-state index contributed by atoms with van der Waals surface area (Å²) in [5.41, 5.74) is 0. The van der Waals surface area contributed by atoms with Crippen molar-refractivity contribution in [2.24, 2.45) is 0 Å². The monoisotopic (exact) mass is 696 g/mol. The Morgan fingerprint density at radius 3 is 1.43 bits per heavy atom. The van der Waals surface area contributed by atoms with Gasteiger partial charge in [-0.15, -0.1) is 0 Å². The van der Waals surface area contributed by atoms with Gasteiger partial charge in [-0.1, -0.05) is 0 Å². The lowest BCUT2D eigenvalue weighted by Crippen LogP contribution is -2.68. The standard InChI is InChI=1S/C25H44O22/c26-1-5(30)18-21(12(34)14(36)22(40)44-18)47-24-16(38)13(35)19(8(4-29)43-24)45-25-17(39)20(10(32)7(3-28)42-25)46-23-15(37)11(33)9(31)6(2-27)41-23/h5-40H,1-4H2/t5-,6+,7+,8+,9-,10-,11-,12+,13+,14+,15+,16+,17+,18+,19+,20-,21-,22?,23+,24-,25-/m0/s1. The predicted octanol–water partition coefficient (Wildman–Crippen LogP) is -10.4. The van der Waals surface area contributed by atoms with E-state index in [0.717, 1.165) is 0 Å². The molecule has 0 radical (unpaired) electrons. The SMILES string of the molecule is OC[C@H](O)[C@H]1OC(O)[C@H](O)[C@@H](O)[C@@H]1O[C@@H]1O[C@H](CO)[C@@H](O[C@@H]2O[C@H](CO)[C@H](O)[C@H](O[C@H]3O[C@H](CO)[C@H](O)[C@H](O)[C@H]3O)[C@H]2O)[C@H](O)[C@H]1O. The Balaban J connectivity index is 1.49. The first kappa shape index (κ1) is 38.9. The van der Waals surface area contributed by atoms with Crippen LogP contribution in [0.5, 0.6) is 0 Å². The van der Waals surface area contributed by atoms with Crippen molar-refractivity contribution in [2.75, 3.05) is 26.4 Å². The maximum atomic E-state index is 11.0. The number of rotatable bonds is 11. The minimum absolute atomic E-state index is 0.818. The molecule has 0 spiro atoms. The molecule has 0 bridgehead atoms. The van der Waals surface area contributed by atoms with Crippen molar-refractivity contribution < 1.29 is 110 Å². The number of aliphatic hydroxyl groups is 15. The van der Waals surface area contributed by atoms with Crippen molar-refractivity contribution in [3.05, 3.63) is 0 Å². The molecule has 47 heavy (non-hydrogen) atoms. The Kier molecular flexibility index (Phi) is 13.6.